The van der Waals surface area contributed by atoms with Crippen LogP contribution in [0, 0.1) is 17.4 Å². The highest BCUT2D eigenvalue weighted by Crippen LogP contribution is 2.17. The lowest BCUT2D eigenvalue weighted by Crippen LogP contribution is -2.18. The summed E-state index contributed by atoms with van der Waals surface area (Å²) in [7, 11) is 0. The Morgan fingerprint density at radius 3 is 2.72 bits per heavy atom. The maximum atomic E-state index is 8.71. The van der Waals surface area contributed by atoms with Crippen LogP contribution in [0.1, 0.15) is 13.8 Å². The van der Waals surface area contributed by atoms with Gasteiger partial charge in [0.25, 0.3) is 0 Å². The van der Waals surface area contributed by atoms with Crippen molar-refractivity contribution in [3.8, 4) is 17.6 Å². The highest BCUT2D eigenvalue weighted by atomic mass is 32.1. The van der Waals surface area contributed by atoms with Crippen LogP contribution in [0.5, 0.6) is 0 Å². The monoisotopic (exact) mass is 258 g/mol. The Morgan fingerprint density at radius 1 is 1.39 bits per heavy atom. The molecular weight excluding hydrogens is 244 g/mol. The van der Waals surface area contributed by atoms with Gasteiger partial charge in [-0.25, -0.2) is 0 Å². The fourth-order valence-electron chi connectivity index (χ4n) is 1.72. The van der Waals surface area contributed by atoms with E-state index in [1.54, 1.807) is 0 Å². The molecule has 0 unspecified atom stereocenters. The van der Waals surface area contributed by atoms with E-state index < -0.39 is 0 Å². The molecule has 2 aromatic rings. The molecule has 5 heteroatoms. The summed E-state index contributed by atoms with van der Waals surface area (Å²) < 4.78 is 6.43. The third kappa shape index (κ3) is 2.66. The van der Waals surface area contributed by atoms with Crippen molar-refractivity contribution in [1.29, 1.82) is 5.26 Å². The van der Waals surface area contributed by atoms with Crippen molar-refractivity contribution in [2.45, 2.75) is 20.4 Å². The lowest BCUT2D eigenvalue weighted by atomic mass is 10.2. The summed E-state index contributed by atoms with van der Waals surface area (Å²) in [6, 6.07) is 9.97. The van der Waals surface area contributed by atoms with Crippen molar-refractivity contribution in [1.82, 2.24) is 8.94 Å². The summed E-state index contributed by atoms with van der Waals surface area (Å²) in [6.45, 7) is 5.08. The van der Waals surface area contributed by atoms with Crippen LogP contribution in [0.4, 0.5) is 0 Å². The molecule has 2 rings (SSSR count). The number of rotatable bonds is 3. The Morgan fingerprint density at radius 2 is 2.11 bits per heavy atom. The summed E-state index contributed by atoms with van der Waals surface area (Å²) in [5, 5.41) is 8.71. The first-order chi connectivity index (χ1) is 8.72. The van der Waals surface area contributed by atoms with E-state index in [-0.39, 0.29) is 0 Å². The second-order valence-corrected chi connectivity index (χ2v) is 5.10. The fraction of sp³-hybridized carbons (Fsp3) is 0.308. The van der Waals surface area contributed by atoms with Gasteiger partial charge in [-0.05, 0) is 5.92 Å². The Labute approximate surface area is 110 Å². The van der Waals surface area contributed by atoms with Crippen LogP contribution in [0.2, 0.25) is 0 Å². The van der Waals surface area contributed by atoms with Crippen molar-refractivity contribution >= 4 is 11.5 Å². The standard InChI is InChI=1S/C13H14N4S/c1-10(2)8-17-12(11-6-4-3-5-7-11)16-18-13(17)15-9-14/h3-7,10H,8H2,1-2H3. The molecule has 0 bridgehead atoms. The Bertz CT molecular complexity index is 616. The molecule has 0 aliphatic heterocycles. The van der Waals surface area contributed by atoms with Crippen LogP contribution in [-0.4, -0.2) is 8.94 Å². The third-order valence-corrected chi connectivity index (χ3v) is 3.16. The van der Waals surface area contributed by atoms with Gasteiger partial charge in [0.1, 0.15) is 0 Å². The van der Waals surface area contributed by atoms with E-state index >= 15 is 0 Å². The van der Waals surface area contributed by atoms with Crippen molar-refractivity contribution in [3.63, 3.8) is 0 Å². The number of nitrogens with zero attached hydrogens (tertiary/aromatic N) is 4. The van der Waals surface area contributed by atoms with Gasteiger partial charge in [-0.3, -0.25) is 4.57 Å². The molecule has 0 aliphatic rings. The van der Waals surface area contributed by atoms with E-state index in [0.29, 0.717) is 10.7 Å². The zero-order valence-electron chi connectivity index (χ0n) is 10.4. The Balaban J connectivity index is 2.56. The van der Waals surface area contributed by atoms with Crippen molar-refractivity contribution < 1.29 is 0 Å². The second kappa shape index (κ2) is 5.61. The van der Waals surface area contributed by atoms with Gasteiger partial charge in [-0.2, -0.15) is 9.64 Å². The molecule has 0 N–H and O–H groups in total. The largest absolute Gasteiger partial charge is 0.299 e. The van der Waals surface area contributed by atoms with Gasteiger partial charge in [0.2, 0.25) is 11.0 Å². The van der Waals surface area contributed by atoms with Crippen LogP contribution in [0.25, 0.3) is 11.4 Å². The van der Waals surface area contributed by atoms with Crippen LogP contribution < -0.4 is 4.80 Å². The zero-order valence-corrected chi connectivity index (χ0v) is 11.2. The van der Waals surface area contributed by atoms with E-state index in [9.17, 15) is 0 Å². The van der Waals surface area contributed by atoms with Gasteiger partial charge in [-0.15, -0.1) is 4.99 Å². The minimum atomic E-state index is 0.474. The van der Waals surface area contributed by atoms with Crippen LogP contribution in [0.15, 0.2) is 35.3 Å². The molecule has 0 saturated carbocycles. The summed E-state index contributed by atoms with van der Waals surface area (Å²) in [5.41, 5.74) is 1.05. The molecule has 1 heterocycles. The first-order valence-corrected chi connectivity index (χ1v) is 6.54. The molecule has 0 radical (unpaired) electrons. The molecule has 0 saturated heterocycles. The maximum Gasteiger partial charge on any atom is 0.220 e. The minimum Gasteiger partial charge on any atom is -0.299 e. The van der Waals surface area contributed by atoms with Gasteiger partial charge >= 0.3 is 0 Å². The van der Waals surface area contributed by atoms with Gasteiger partial charge in [-0.1, -0.05) is 44.2 Å². The molecule has 1 aromatic heterocycles. The summed E-state index contributed by atoms with van der Waals surface area (Å²) in [5.74, 6) is 1.35. The van der Waals surface area contributed by atoms with Crippen molar-refractivity contribution in [2.75, 3.05) is 0 Å². The number of nitriles is 1. The average Bonchev–Trinajstić information content (AvgIpc) is 2.73. The predicted octanol–water partition coefficient (Wildman–Crippen LogP) is 2.65. The normalized spacial score (nSPS) is 11.8. The van der Waals surface area contributed by atoms with E-state index in [2.05, 4.69) is 23.2 Å². The molecule has 18 heavy (non-hydrogen) atoms. The zero-order chi connectivity index (χ0) is 13.0. The third-order valence-electron chi connectivity index (χ3n) is 2.43. The molecule has 0 aliphatic carbocycles. The highest BCUT2D eigenvalue weighted by molar-refractivity contribution is 7.03. The first-order valence-electron chi connectivity index (χ1n) is 5.77. The number of hydrogen-bond acceptors (Lipinski definition) is 4. The van der Waals surface area contributed by atoms with E-state index in [0.717, 1.165) is 17.9 Å². The molecular formula is C13H14N4S. The Hall–Kier alpha value is -1.93. The quantitative estimate of drug-likeness (QED) is 0.795. The fourth-order valence-corrected chi connectivity index (χ4v) is 2.44. The molecule has 0 amide bonds. The Kier molecular flexibility index (Phi) is 3.90. The smallest absolute Gasteiger partial charge is 0.220 e. The van der Waals surface area contributed by atoms with Crippen molar-refractivity contribution in [3.05, 3.63) is 35.1 Å². The van der Waals surface area contributed by atoms with Crippen molar-refractivity contribution in [2.24, 2.45) is 10.9 Å². The van der Waals surface area contributed by atoms with Gasteiger partial charge in [0.15, 0.2) is 5.82 Å². The highest BCUT2D eigenvalue weighted by Gasteiger charge is 2.10. The SMILES string of the molecule is CC(C)Cn1c(-c2ccccc2)nsc1=NC#N. The van der Waals surface area contributed by atoms with E-state index in [1.165, 1.54) is 11.5 Å². The van der Waals surface area contributed by atoms with Gasteiger partial charge < -0.3 is 0 Å². The lowest BCUT2D eigenvalue weighted by Gasteiger charge is -2.09. The van der Waals surface area contributed by atoms with Gasteiger partial charge in [0, 0.05) is 23.6 Å². The summed E-state index contributed by atoms with van der Waals surface area (Å²) in [4.78, 5) is 4.49. The first kappa shape index (κ1) is 12.5. The average molecular weight is 258 g/mol. The van der Waals surface area contributed by atoms with E-state index in [1.807, 2.05) is 41.1 Å². The van der Waals surface area contributed by atoms with Gasteiger partial charge in [0.05, 0.1) is 0 Å². The lowest BCUT2D eigenvalue weighted by molar-refractivity contribution is 0.516. The predicted molar refractivity (Wildman–Crippen MR) is 71.6 cm³/mol. The van der Waals surface area contributed by atoms with Crippen LogP contribution >= 0.6 is 11.5 Å². The summed E-state index contributed by atoms with van der Waals surface area (Å²) >= 11 is 1.26. The number of benzene rings is 1. The topological polar surface area (TPSA) is 54.0 Å². The number of aromatic nitrogens is 2. The molecule has 92 valence electrons. The molecule has 0 fully saturated rings. The molecule has 1 aromatic carbocycles. The number of hydrogen-bond donors (Lipinski definition) is 0. The van der Waals surface area contributed by atoms with Crippen LogP contribution in [0.3, 0.4) is 0 Å². The van der Waals surface area contributed by atoms with E-state index in [4.69, 9.17) is 5.26 Å². The molecule has 4 nitrogen and oxygen atoms in total. The van der Waals surface area contributed by atoms with Crippen LogP contribution in [-0.2, 0) is 6.54 Å². The summed E-state index contributed by atoms with van der Waals surface area (Å²) in [6.07, 6.45) is 1.84. The minimum absolute atomic E-state index is 0.474. The molecule has 0 spiro atoms. The second-order valence-electron chi connectivity index (χ2n) is 4.37. The molecule has 0 atom stereocenters. The maximum absolute atomic E-state index is 8.71.